The number of imidazole rings is 1. The van der Waals surface area contributed by atoms with E-state index in [-0.39, 0.29) is 0 Å². The van der Waals surface area contributed by atoms with E-state index in [0.717, 1.165) is 5.52 Å². The third-order valence-electron chi connectivity index (χ3n) is 3.15. The van der Waals surface area contributed by atoms with Crippen molar-refractivity contribution in [2.45, 2.75) is 6.92 Å². The van der Waals surface area contributed by atoms with E-state index in [9.17, 15) is 0 Å². The SMILES string of the molecule is CCOc1cccc2c1nc(N)n2-c1cccc(Cl)c1Cl. The van der Waals surface area contributed by atoms with Crippen molar-refractivity contribution in [2.75, 3.05) is 12.3 Å². The molecule has 21 heavy (non-hydrogen) atoms. The largest absolute Gasteiger partial charge is 0.492 e. The van der Waals surface area contributed by atoms with E-state index >= 15 is 0 Å². The Hall–Kier alpha value is -1.91. The van der Waals surface area contributed by atoms with Crippen LogP contribution in [0.25, 0.3) is 16.7 Å². The Labute approximate surface area is 132 Å². The van der Waals surface area contributed by atoms with Crippen LogP contribution in [0, 0.1) is 0 Å². The van der Waals surface area contributed by atoms with E-state index in [1.165, 1.54) is 0 Å². The Morgan fingerprint density at radius 2 is 1.95 bits per heavy atom. The van der Waals surface area contributed by atoms with Gasteiger partial charge in [0.2, 0.25) is 5.95 Å². The first kappa shape index (κ1) is 14.0. The molecule has 0 aliphatic heterocycles. The van der Waals surface area contributed by atoms with E-state index < -0.39 is 0 Å². The van der Waals surface area contributed by atoms with Gasteiger partial charge in [-0.1, -0.05) is 35.3 Å². The van der Waals surface area contributed by atoms with Crippen LogP contribution in [0.3, 0.4) is 0 Å². The highest BCUT2D eigenvalue weighted by Crippen LogP contribution is 2.34. The zero-order valence-electron chi connectivity index (χ0n) is 11.3. The lowest BCUT2D eigenvalue weighted by Gasteiger charge is -2.10. The number of fused-ring (bicyclic) bond motifs is 1. The van der Waals surface area contributed by atoms with Crippen LogP contribution in [-0.2, 0) is 0 Å². The molecule has 0 spiro atoms. The van der Waals surface area contributed by atoms with Crippen molar-refractivity contribution >= 4 is 40.2 Å². The molecule has 0 aliphatic rings. The first-order chi connectivity index (χ1) is 10.1. The summed E-state index contributed by atoms with van der Waals surface area (Å²) in [5.41, 5.74) is 8.28. The van der Waals surface area contributed by atoms with Crippen molar-refractivity contribution in [3.05, 3.63) is 46.4 Å². The lowest BCUT2D eigenvalue weighted by atomic mass is 10.2. The van der Waals surface area contributed by atoms with Crippen LogP contribution >= 0.6 is 23.2 Å². The predicted octanol–water partition coefficient (Wildman–Crippen LogP) is 4.31. The number of nitrogens with zero attached hydrogens (tertiary/aromatic N) is 2. The van der Waals surface area contributed by atoms with Gasteiger partial charge in [0.1, 0.15) is 11.3 Å². The quantitative estimate of drug-likeness (QED) is 0.781. The first-order valence-corrected chi connectivity index (χ1v) is 7.23. The number of nitrogen functional groups attached to an aromatic ring is 1. The molecule has 6 heteroatoms. The van der Waals surface area contributed by atoms with Crippen LogP contribution in [0.2, 0.25) is 10.0 Å². The van der Waals surface area contributed by atoms with Crippen LogP contribution in [0.4, 0.5) is 5.95 Å². The maximum Gasteiger partial charge on any atom is 0.206 e. The standard InChI is InChI=1S/C15H13Cl2N3O/c1-2-21-12-8-4-7-11-14(12)19-15(18)20(11)10-6-3-5-9(16)13(10)17/h3-8H,2H2,1H3,(H2,18,19). The van der Waals surface area contributed by atoms with Crippen molar-refractivity contribution in [1.29, 1.82) is 0 Å². The van der Waals surface area contributed by atoms with Gasteiger partial charge in [-0.15, -0.1) is 0 Å². The van der Waals surface area contributed by atoms with E-state index in [4.69, 9.17) is 33.7 Å². The minimum Gasteiger partial charge on any atom is -0.492 e. The lowest BCUT2D eigenvalue weighted by Crippen LogP contribution is -2.01. The minimum atomic E-state index is 0.335. The molecule has 0 radical (unpaired) electrons. The maximum absolute atomic E-state index is 6.29. The third-order valence-corrected chi connectivity index (χ3v) is 3.95. The number of ether oxygens (including phenoxy) is 1. The Morgan fingerprint density at radius 3 is 2.71 bits per heavy atom. The maximum atomic E-state index is 6.29. The molecule has 2 N–H and O–H groups in total. The molecule has 0 saturated heterocycles. The van der Waals surface area contributed by atoms with Crippen molar-refractivity contribution in [3.8, 4) is 11.4 Å². The number of hydrogen-bond acceptors (Lipinski definition) is 3. The number of aromatic nitrogens is 2. The van der Waals surface area contributed by atoms with Crippen molar-refractivity contribution < 1.29 is 4.74 Å². The van der Waals surface area contributed by atoms with Gasteiger partial charge in [0.15, 0.2) is 0 Å². The van der Waals surface area contributed by atoms with Crippen LogP contribution in [0.15, 0.2) is 36.4 Å². The molecule has 0 fully saturated rings. The van der Waals surface area contributed by atoms with Gasteiger partial charge in [0, 0.05) is 0 Å². The summed E-state index contributed by atoms with van der Waals surface area (Å²) in [5.74, 6) is 1.03. The van der Waals surface area contributed by atoms with E-state index in [1.54, 1.807) is 10.6 Å². The van der Waals surface area contributed by atoms with Crippen molar-refractivity contribution in [3.63, 3.8) is 0 Å². The van der Waals surface area contributed by atoms with Crippen LogP contribution < -0.4 is 10.5 Å². The number of benzene rings is 2. The van der Waals surface area contributed by atoms with Gasteiger partial charge < -0.3 is 10.5 Å². The highest BCUT2D eigenvalue weighted by Gasteiger charge is 2.16. The summed E-state index contributed by atoms with van der Waals surface area (Å²) in [6.45, 7) is 2.48. The Morgan fingerprint density at radius 1 is 1.19 bits per heavy atom. The van der Waals surface area contributed by atoms with Gasteiger partial charge >= 0.3 is 0 Å². The topological polar surface area (TPSA) is 53.1 Å². The summed E-state index contributed by atoms with van der Waals surface area (Å²) in [4.78, 5) is 4.39. The van der Waals surface area contributed by atoms with Crippen LogP contribution in [0.1, 0.15) is 6.92 Å². The Bertz CT molecular complexity index is 814. The fourth-order valence-electron chi connectivity index (χ4n) is 2.28. The fraction of sp³-hybridized carbons (Fsp3) is 0.133. The second-order valence-corrected chi connectivity index (χ2v) is 5.22. The van der Waals surface area contributed by atoms with E-state index in [2.05, 4.69) is 4.98 Å². The third kappa shape index (κ3) is 2.30. The molecule has 4 nitrogen and oxygen atoms in total. The Balaban J connectivity index is 2.31. The summed E-state index contributed by atoms with van der Waals surface area (Å²) in [7, 11) is 0. The number of anilines is 1. The van der Waals surface area contributed by atoms with Crippen molar-refractivity contribution in [2.24, 2.45) is 0 Å². The van der Waals surface area contributed by atoms with E-state index in [0.29, 0.717) is 39.6 Å². The summed E-state index contributed by atoms with van der Waals surface area (Å²) < 4.78 is 7.36. The van der Waals surface area contributed by atoms with Gasteiger partial charge in [-0.3, -0.25) is 4.57 Å². The fourth-order valence-corrected chi connectivity index (χ4v) is 2.66. The molecule has 108 valence electrons. The van der Waals surface area contributed by atoms with E-state index in [1.807, 2.05) is 37.3 Å². The molecule has 0 unspecified atom stereocenters. The molecule has 0 bridgehead atoms. The molecular formula is C15H13Cl2N3O. The minimum absolute atomic E-state index is 0.335. The number of para-hydroxylation sites is 1. The highest BCUT2D eigenvalue weighted by molar-refractivity contribution is 6.43. The average molecular weight is 322 g/mol. The molecule has 0 aliphatic carbocycles. The summed E-state index contributed by atoms with van der Waals surface area (Å²) in [6.07, 6.45) is 0. The van der Waals surface area contributed by atoms with Gasteiger partial charge in [0.25, 0.3) is 0 Å². The van der Waals surface area contributed by atoms with Gasteiger partial charge in [-0.25, -0.2) is 4.98 Å². The molecule has 3 aromatic rings. The van der Waals surface area contributed by atoms with Crippen LogP contribution in [-0.4, -0.2) is 16.2 Å². The van der Waals surface area contributed by atoms with Gasteiger partial charge in [0.05, 0.1) is 27.9 Å². The molecule has 1 heterocycles. The zero-order chi connectivity index (χ0) is 15.0. The average Bonchev–Trinajstić information content (AvgIpc) is 2.80. The molecule has 0 atom stereocenters. The first-order valence-electron chi connectivity index (χ1n) is 6.47. The summed E-state index contributed by atoms with van der Waals surface area (Å²) in [5, 5.41) is 0.906. The second kappa shape index (κ2) is 5.47. The molecule has 1 aromatic heterocycles. The molecule has 3 rings (SSSR count). The predicted molar refractivity (Wildman–Crippen MR) is 86.7 cm³/mol. The Kier molecular flexibility index (Phi) is 3.66. The molecule has 0 saturated carbocycles. The monoisotopic (exact) mass is 321 g/mol. The number of rotatable bonds is 3. The number of halogens is 2. The summed E-state index contributed by atoms with van der Waals surface area (Å²) >= 11 is 12.4. The molecule has 2 aromatic carbocycles. The lowest BCUT2D eigenvalue weighted by molar-refractivity contribution is 0.344. The molecular weight excluding hydrogens is 309 g/mol. The summed E-state index contributed by atoms with van der Waals surface area (Å²) in [6, 6.07) is 11.1. The van der Waals surface area contributed by atoms with Gasteiger partial charge in [-0.05, 0) is 31.2 Å². The number of nitrogens with two attached hydrogens (primary N) is 1. The normalized spacial score (nSPS) is 11.0. The van der Waals surface area contributed by atoms with Crippen LogP contribution in [0.5, 0.6) is 5.75 Å². The van der Waals surface area contributed by atoms with Gasteiger partial charge in [-0.2, -0.15) is 0 Å². The van der Waals surface area contributed by atoms with Crippen molar-refractivity contribution in [1.82, 2.24) is 9.55 Å². The second-order valence-electron chi connectivity index (χ2n) is 4.44. The highest BCUT2D eigenvalue weighted by atomic mass is 35.5. The zero-order valence-corrected chi connectivity index (χ0v) is 12.8. The smallest absolute Gasteiger partial charge is 0.206 e. The molecule has 0 amide bonds. The number of hydrogen-bond donors (Lipinski definition) is 1.